The molecule has 0 aliphatic carbocycles. The third kappa shape index (κ3) is 3.48. The van der Waals surface area contributed by atoms with Crippen molar-refractivity contribution in [3.63, 3.8) is 0 Å². The van der Waals surface area contributed by atoms with E-state index in [9.17, 15) is 12.8 Å². The minimum Gasteiger partial charge on any atom is -0.379 e. The molecular weight excluding hydrogens is 435 g/mol. The minimum absolute atomic E-state index is 0.0239. The Bertz CT molecular complexity index is 881. The fourth-order valence-electron chi connectivity index (χ4n) is 2.63. The van der Waals surface area contributed by atoms with Crippen LogP contribution in [0.2, 0.25) is 5.02 Å². The van der Waals surface area contributed by atoms with Gasteiger partial charge in [0.05, 0.1) is 41.8 Å². The van der Waals surface area contributed by atoms with E-state index in [-0.39, 0.29) is 23.9 Å². The van der Waals surface area contributed by atoms with E-state index in [1.807, 2.05) is 0 Å². The number of rotatable bonds is 6. The number of anilines is 3. The molecule has 0 spiro atoms. The number of para-hydroxylation sites is 2. The summed E-state index contributed by atoms with van der Waals surface area (Å²) in [5, 5.41) is 0.698. The van der Waals surface area contributed by atoms with Crippen LogP contribution in [0.3, 0.4) is 0 Å². The highest BCUT2D eigenvalue weighted by atomic mass is 79.9. The van der Waals surface area contributed by atoms with Crippen LogP contribution in [0.4, 0.5) is 21.5 Å². The molecule has 0 radical (unpaired) electrons. The van der Waals surface area contributed by atoms with Gasteiger partial charge in [0, 0.05) is 5.33 Å². The maximum atomic E-state index is 13.4. The van der Waals surface area contributed by atoms with Crippen molar-refractivity contribution in [2.45, 2.75) is 0 Å². The van der Waals surface area contributed by atoms with E-state index in [0.717, 1.165) is 10.4 Å². The molecule has 1 heterocycles. The molecule has 2 aromatic carbocycles. The van der Waals surface area contributed by atoms with Crippen LogP contribution in [0.25, 0.3) is 0 Å². The second kappa shape index (κ2) is 7.49. The Morgan fingerprint density at radius 2 is 1.80 bits per heavy atom. The zero-order chi connectivity index (χ0) is 18.0. The van der Waals surface area contributed by atoms with Gasteiger partial charge in [0.15, 0.2) is 0 Å². The Kier molecular flexibility index (Phi) is 5.52. The average molecular weight is 450 g/mol. The fourth-order valence-corrected chi connectivity index (χ4v) is 4.88. The standard InChI is InChI=1S/C16H15BrClFN2O3S/c17-7-9-24-10-8-20-15-3-1-2-4-16(15)21(25(20,22)23)14-6-5-12(19)11-13(14)18/h1-6,11H,7-10H2. The van der Waals surface area contributed by atoms with Crippen LogP contribution >= 0.6 is 27.5 Å². The van der Waals surface area contributed by atoms with E-state index in [0.29, 0.717) is 23.3 Å². The molecule has 0 unspecified atom stereocenters. The number of alkyl halides is 1. The Morgan fingerprint density at radius 3 is 2.48 bits per heavy atom. The molecule has 5 nitrogen and oxygen atoms in total. The quantitative estimate of drug-likeness (QED) is 0.493. The Morgan fingerprint density at radius 1 is 1.08 bits per heavy atom. The van der Waals surface area contributed by atoms with E-state index in [1.54, 1.807) is 24.3 Å². The van der Waals surface area contributed by atoms with Crippen LogP contribution in [0.15, 0.2) is 42.5 Å². The predicted molar refractivity (Wildman–Crippen MR) is 101 cm³/mol. The Labute approximate surface area is 159 Å². The number of halogens is 3. The van der Waals surface area contributed by atoms with E-state index >= 15 is 0 Å². The van der Waals surface area contributed by atoms with Crippen LogP contribution in [-0.2, 0) is 14.9 Å². The van der Waals surface area contributed by atoms with Crippen molar-refractivity contribution in [3.8, 4) is 0 Å². The number of benzene rings is 2. The summed E-state index contributed by atoms with van der Waals surface area (Å²) < 4.78 is 47.3. The third-order valence-electron chi connectivity index (χ3n) is 3.67. The van der Waals surface area contributed by atoms with Crippen LogP contribution in [0.5, 0.6) is 0 Å². The van der Waals surface area contributed by atoms with E-state index in [1.165, 1.54) is 16.4 Å². The summed E-state index contributed by atoms with van der Waals surface area (Å²) in [5.74, 6) is -0.529. The van der Waals surface area contributed by atoms with Gasteiger partial charge in [-0.25, -0.2) is 13.0 Å². The maximum Gasteiger partial charge on any atom is 0.331 e. The lowest BCUT2D eigenvalue weighted by molar-refractivity contribution is 0.159. The summed E-state index contributed by atoms with van der Waals surface area (Å²) in [5.41, 5.74) is 1.21. The van der Waals surface area contributed by atoms with E-state index in [4.69, 9.17) is 16.3 Å². The third-order valence-corrected chi connectivity index (χ3v) is 6.08. The van der Waals surface area contributed by atoms with Gasteiger partial charge in [-0.1, -0.05) is 39.7 Å². The molecule has 0 atom stereocenters. The van der Waals surface area contributed by atoms with Gasteiger partial charge in [0.1, 0.15) is 5.82 Å². The van der Waals surface area contributed by atoms with E-state index < -0.39 is 16.0 Å². The lowest BCUT2D eigenvalue weighted by atomic mass is 10.2. The molecule has 134 valence electrons. The molecule has 0 bridgehead atoms. The van der Waals surface area contributed by atoms with Crippen molar-refractivity contribution in [2.75, 3.05) is 33.7 Å². The summed E-state index contributed by atoms with van der Waals surface area (Å²) in [6, 6.07) is 10.5. The molecule has 0 amide bonds. The molecule has 9 heteroatoms. The van der Waals surface area contributed by atoms with Gasteiger partial charge >= 0.3 is 10.2 Å². The number of hydrogen-bond acceptors (Lipinski definition) is 3. The molecule has 3 rings (SSSR count). The van der Waals surface area contributed by atoms with Gasteiger partial charge in [-0.2, -0.15) is 8.42 Å². The highest BCUT2D eigenvalue weighted by molar-refractivity contribution is 9.09. The fraction of sp³-hybridized carbons (Fsp3) is 0.250. The Balaban J connectivity index is 2.02. The van der Waals surface area contributed by atoms with Gasteiger partial charge in [-0.05, 0) is 30.3 Å². The second-order valence-corrected chi connectivity index (χ2v) is 8.13. The van der Waals surface area contributed by atoms with Gasteiger partial charge in [-0.3, -0.25) is 0 Å². The largest absolute Gasteiger partial charge is 0.379 e. The highest BCUT2D eigenvalue weighted by Crippen LogP contribution is 2.46. The molecule has 2 aromatic rings. The van der Waals surface area contributed by atoms with Gasteiger partial charge < -0.3 is 4.74 Å². The van der Waals surface area contributed by atoms with Crippen molar-refractivity contribution < 1.29 is 17.5 Å². The Hall–Kier alpha value is -1.35. The number of nitrogens with zero attached hydrogens (tertiary/aromatic N) is 2. The van der Waals surface area contributed by atoms with Crippen molar-refractivity contribution in [1.82, 2.24) is 0 Å². The van der Waals surface area contributed by atoms with E-state index in [2.05, 4.69) is 15.9 Å². The van der Waals surface area contributed by atoms with Crippen molar-refractivity contribution in [2.24, 2.45) is 0 Å². The number of fused-ring (bicyclic) bond motifs is 1. The van der Waals surface area contributed by atoms with Crippen molar-refractivity contribution in [1.29, 1.82) is 0 Å². The average Bonchev–Trinajstić information content (AvgIpc) is 2.79. The first-order valence-electron chi connectivity index (χ1n) is 7.47. The first kappa shape index (κ1) is 18.4. The molecule has 25 heavy (non-hydrogen) atoms. The summed E-state index contributed by atoms with van der Waals surface area (Å²) >= 11 is 9.36. The first-order chi connectivity index (χ1) is 12.0. The number of ether oxygens (including phenoxy) is 1. The predicted octanol–water partition coefficient (Wildman–Crippen LogP) is 4.09. The lowest BCUT2D eigenvalue weighted by Crippen LogP contribution is -2.37. The zero-order valence-corrected chi connectivity index (χ0v) is 16.2. The van der Waals surface area contributed by atoms with Gasteiger partial charge in [0.2, 0.25) is 0 Å². The molecular formula is C16H15BrClFN2O3S. The summed E-state index contributed by atoms with van der Waals surface area (Å²) in [7, 11) is -3.89. The maximum absolute atomic E-state index is 13.4. The van der Waals surface area contributed by atoms with Crippen LogP contribution in [-0.4, -0.2) is 33.5 Å². The SMILES string of the molecule is O=S1(=O)N(CCOCCBr)c2ccccc2N1c1ccc(F)cc1Cl. The van der Waals surface area contributed by atoms with Crippen LogP contribution in [0, 0.1) is 5.82 Å². The normalized spacial score (nSPS) is 15.5. The minimum atomic E-state index is -3.89. The van der Waals surface area contributed by atoms with Crippen molar-refractivity contribution >= 4 is 54.8 Å². The van der Waals surface area contributed by atoms with Gasteiger partial charge in [-0.15, -0.1) is 0 Å². The summed E-state index contributed by atoms with van der Waals surface area (Å²) in [6.45, 7) is 0.912. The molecule has 0 saturated carbocycles. The highest BCUT2D eigenvalue weighted by Gasteiger charge is 2.41. The first-order valence-corrected chi connectivity index (χ1v) is 10.4. The zero-order valence-electron chi connectivity index (χ0n) is 13.0. The molecule has 1 aliphatic rings. The summed E-state index contributed by atoms with van der Waals surface area (Å²) in [4.78, 5) is 0. The molecule has 0 aromatic heterocycles. The smallest absolute Gasteiger partial charge is 0.331 e. The van der Waals surface area contributed by atoms with Crippen LogP contribution < -0.4 is 8.61 Å². The van der Waals surface area contributed by atoms with Gasteiger partial charge in [0.25, 0.3) is 0 Å². The second-order valence-electron chi connectivity index (χ2n) is 5.23. The van der Waals surface area contributed by atoms with Crippen LogP contribution in [0.1, 0.15) is 0 Å². The molecule has 0 fully saturated rings. The monoisotopic (exact) mass is 448 g/mol. The lowest BCUT2D eigenvalue weighted by Gasteiger charge is -2.22. The molecule has 1 aliphatic heterocycles. The van der Waals surface area contributed by atoms with Crippen molar-refractivity contribution in [3.05, 3.63) is 53.3 Å². The topological polar surface area (TPSA) is 49.9 Å². The summed E-state index contributed by atoms with van der Waals surface area (Å²) in [6.07, 6.45) is 0. The molecule has 0 saturated heterocycles. The molecule has 0 N–H and O–H groups in total. The number of hydrogen-bond donors (Lipinski definition) is 0.